The average molecular weight is 398 g/mol. The summed E-state index contributed by atoms with van der Waals surface area (Å²) in [5.41, 5.74) is 5.70. The lowest BCUT2D eigenvalue weighted by Crippen LogP contribution is -2.57. The van der Waals surface area contributed by atoms with Crippen LogP contribution in [0.3, 0.4) is 0 Å². The van der Waals surface area contributed by atoms with E-state index in [9.17, 15) is 0 Å². The van der Waals surface area contributed by atoms with Crippen LogP contribution in [0.1, 0.15) is 50.2 Å². The number of piperidine rings is 1. The van der Waals surface area contributed by atoms with E-state index in [4.69, 9.17) is 9.84 Å². The first kappa shape index (κ1) is 20.6. The number of H-pyrrole nitrogens is 1. The number of aryl methyl sites for hydroxylation is 1. The third-order valence-corrected chi connectivity index (χ3v) is 7.47. The molecule has 0 spiro atoms. The summed E-state index contributed by atoms with van der Waals surface area (Å²) in [5, 5.41) is 16.0. The van der Waals surface area contributed by atoms with Crippen molar-refractivity contribution in [2.45, 2.75) is 57.4 Å². The van der Waals surface area contributed by atoms with Crippen LogP contribution in [-0.2, 0) is 10.2 Å². The smallest absolute Gasteiger partial charge is 0.0698 e. The summed E-state index contributed by atoms with van der Waals surface area (Å²) in [6.07, 6.45) is 10.4. The van der Waals surface area contributed by atoms with Crippen LogP contribution in [0.25, 0.3) is 11.1 Å². The van der Waals surface area contributed by atoms with Gasteiger partial charge in [-0.15, -0.1) is 0 Å². The van der Waals surface area contributed by atoms with E-state index in [2.05, 4.69) is 47.1 Å². The van der Waals surface area contributed by atoms with E-state index in [1.807, 2.05) is 12.4 Å². The Labute approximate surface area is 174 Å². The number of ether oxygens (including phenoxy) is 1. The Kier molecular flexibility index (Phi) is 6.38. The van der Waals surface area contributed by atoms with Gasteiger partial charge in [0.25, 0.3) is 0 Å². The molecule has 29 heavy (non-hydrogen) atoms. The van der Waals surface area contributed by atoms with Crippen molar-refractivity contribution in [2.75, 3.05) is 32.9 Å². The first-order valence-electron chi connectivity index (χ1n) is 11.2. The highest BCUT2D eigenvalue weighted by Gasteiger charge is 2.49. The minimum Gasteiger partial charge on any atom is -0.394 e. The van der Waals surface area contributed by atoms with Gasteiger partial charge in [-0.25, -0.2) is 0 Å². The molecule has 1 aromatic carbocycles. The Morgan fingerprint density at radius 2 is 2.14 bits per heavy atom. The topological polar surface area (TPSA) is 61.4 Å². The summed E-state index contributed by atoms with van der Waals surface area (Å²) in [7, 11) is 0. The maximum Gasteiger partial charge on any atom is 0.0698 e. The van der Waals surface area contributed by atoms with Crippen LogP contribution in [-0.4, -0.2) is 59.2 Å². The molecule has 1 saturated heterocycles. The Morgan fingerprint density at radius 3 is 2.93 bits per heavy atom. The van der Waals surface area contributed by atoms with Gasteiger partial charge in [0.2, 0.25) is 0 Å². The van der Waals surface area contributed by atoms with Gasteiger partial charge in [-0.3, -0.25) is 10.00 Å². The Hall–Kier alpha value is -1.69. The molecule has 2 N–H and O–H groups in total. The molecule has 1 saturated carbocycles. The highest BCUT2D eigenvalue weighted by molar-refractivity contribution is 5.64. The minimum absolute atomic E-state index is 0.105. The van der Waals surface area contributed by atoms with Gasteiger partial charge in [-0.2, -0.15) is 5.10 Å². The summed E-state index contributed by atoms with van der Waals surface area (Å²) in [5.74, 6) is 0.682. The number of aromatic nitrogens is 2. The zero-order valence-corrected chi connectivity index (χ0v) is 17.9. The highest BCUT2D eigenvalue weighted by atomic mass is 16.5. The predicted molar refractivity (Wildman–Crippen MR) is 116 cm³/mol. The van der Waals surface area contributed by atoms with Crippen LogP contribution in [0.4, 0.5) is 0 Å². The first-order chi connectivity index (χ1) is 14.2. The van der Waals surface area contributed by atoms with Crippen molar-refractivity contribution >= 4 is 0 Å². The molecule has 3 atom stereocenters. The number of hydrogen-bond donors (Lipinski definition) is 2. The standard InChI is InChI=1S/C24H35N3O2/c1-18-6-7-20(21-16-25-26-17-21)15-23(18)24-8-4-3-5-22(24)19(2)27(10-9-24)11-13-29-14-12-28/h6-7,15-17,19,22,28H,3-5,8-14H2,1-2H3,(H,25,26). The molecule has 2 heterocycles. The van der Waals surface area contributed by atoms with E-state index in [0.29, 0.717) is 25.2 Å². The van der Waals surface area contributed by atoms with E-state index in [0.717, 1.165) is 13.1 Å². The van der Waals surface area contributed by atoms with Crippen LogP contribution in [0.15, 0.2) is 30.6 Å². The molecule has 4 rings (SSSR count). The van der Waals surface area contributed by atoms with Crippen LogP contribution < -0.4 is 0 Å². The van der Waals surface area contributed by atoms with Crippen molar-refractivity contribution in [1.29, 1.82) is 0 Å². The SMILES string of the molecule is Cc1ccc(-c2cn[nH]c2)cc1C12CCCCC1C(C)N(CCOCCO)CC2. The van der Waals surface area contributed by atoms with Crippen LogP contribution in [0.2, 0.25) is 0 Å². The number of aromatic amines is 1. The monoisotopic (exact) mass is 397 g/mol. The number of nitrogens with one attached hydrogen (secondary N) is 1. The zero-order chi connectivity index (χ0) is 20.3. The van der Waals surface area contributed by atoms with E-state index < -0.39 is 0 Å². The van der Waals surface area contributed by atoms with Gasteiger partial charge in [0, 0.05) is 29.8 Å². The molecule has 0 bridgehead atoms. The number of aliphatic hydroxyl groups is 1. The van der Waals surface area contributed by atoms with Crippen molar-refractivity contribution in [1.82, 2.24) is 15.1 Å². The molecule has 158 valence electrons. The molecule has 1 aliphatic carbocycles. The van der Waals surface area contributed by atoms with Crippen molar-refractivity contribution < 1.29 is 9.84 Å². The fourth-order valence-corrected chi connectivity index (χ4v) is 5.96. The normalized spacial score (nSPS) is 27.7. The Balaban J connectivity index is 1.61. The summed E-state index contributed by atoms with van der Waals surface area (Å²) in [6.45, 7) is 8.04. The molecular formula is C24H35N3O2. The average Bonchev–Trinajstić information content (AvgIpc) is 3.28. The van der Waals surface area contributed by atoms with E-state index in [1.165, 1.54) is 48.8 Å². The van der Waals surface area contributed by atoms with Crippen LogP contribution in [0.5, 0.6) is 0 Å². The molecule has 5 nitrogen and oxygen atoms in total. The van der Waals surface area contributed by atoms with Crippen molar-refractivity contribution in [2.24, 2.45) is 5.92 Å². The fraction of sp³-hybridized carbons (Fsp3) is 0.625. The highest BCUT2D eigenvalue weighted by Crippen LogP contribution is 2.52. The van der Waals surface area contributed by atoms with Crippen LogP contribution in [0, 0.1) is 12.8 Å². The molecule has 2 fully saturated rings. The van der Waals surface area contributed by atoms with Crippen LogP contribution >= 0.6 is 0 Å². The second-order valence-electron chi connectivity index (χ2n) is 8.89. The molecule has 1 aromatic heterocycles. The number of rotatable bonds is 7. The minimum atomic E-state index is 0.105. The summed E-state index contributed by atoms with van der Waals surface area (Å²) in [4.78, 5) is 2.61. The van der Waals surface area contributed by atoms with Crippen molar-refractivity contribution in [3.63, 3.8) is 0 Å². The van der Waals surface area contributed by atoms with Gasteiger partial charge >= 0.3 is 0 Å². The molecule has 0 radical (unpaired) electrons. The number of benzene rings is 1. The maximum absolute atomic E-state index is 8.94. The molecule has 2 aliphatic rings. The van der Waals surface area contributed by atoms with Crippen molar-refractivity contribution in [3.05, 3.63) is 41.7 Å². The molecule has 3 unspecified atom stereocenters. The summed E-state index contributed by atoms with van der Waals surface area (Å²) in [6, 6.07) is 7.54. The second-order valence-corrected chi connectivity index (χ2v) is 8.89. The lowest BCUT2D eigenvalue weighted by atomic mass is 9.56. The maximum atomic E-state index is 8.94. The van der Waals surface area contributed by atoms with Crippen molar-refractivity contribution in [3.8, 4) is 11.1 Å². The number of fused-ring (bicyclic) bond motifs is 1. The summed E-state index contributed by atoms with van der Waals surface area (Å²) >= 11 is 0. The largest absolute Gasteiger partial charge is 0.394 e. The first-order valence-corrected chi connectivity index (χ1v) is 11.2. The number of nitrogens with zero attached hydrogens (tertiary/aromatic N) is 2. The quantitative estimate of drug-likeness (QED) is 0.695. The molecular weight excluding hydrogens is 362 g/mol. The third-order valence-electron chi connectivity index (χ3n) is 7.47. The second kappa shape index (κ2) is 8.99. The number of likely N-dealkylation sites (tertiary alicyclic amines) is 1. The van der Waals surface area contributed by atoms with Gasteiger partial charge in [0.05, 0.1) is 26.0 Å². The Morgan fingerprint density at radius 1 is 1.24 bits per heavy atom. The van der Waals surface area contributed by atoms with Gasteiger partial charge < -0.3 is 9.84 Å². The van der Waals surface area contributed by atoms with E-state index in [1.54, 1.807) is 5.56 Å². The zero-order valence-electron chi connectivity index (χ0n) is 17.9. The van der Waals surface area contributed by atoms with Gasteiger partial charge in [0.1, 0.15) is 0 Å². The van der Waals surface area contributed by atoms with E-state index in [-0.39, 0.29) is 12.0 Å². The Bertz CT molecular complexity index is 791. The lowest BCUT2D eigenvalue weighted by molar-refractivity contribution is -0.0107. The van der Waals surface area contributed by atoms with Gasteiger partial charge in [-0.1, -0.05) is 31.0 Å². The van der Waals surface area contributed by atoms with Gasteiger partial charge in [-0.05, 0) is 62.3 Å². The van der Waals surface area contributed by atoms with Gasteiger partial charge in [0.15, 0.2) is 0 Å². The predicted octanol–water partition coefficient (Wildman–Crippen LogP) is 3.92. The molecule has 2 aromatic rings. The van der Waals surface area contributed by atoms with E-state index >= 15 is 0 Å². The third kappa shape index (κ3) is 4.00. The molecule has 1 aliphatic heterocycles. The number of aliphatic hydroxyl groups excluding tert-OH is 1. The molecule has 5 heteroatoms. The number of hydrogen-bond acceptors (Lipinski definition) is 4. The summed E-state index contributed by atoms with van der Waals surface area (Å²) < 4.78 is 5.56. The molecule has 0 amide bonds. The fourth-order valence-electron chi connectivity index (χ4n) is 5.96. The lowest BCUT2D eigenvalue weighted by Gasteiger charge is -2.55.